The minimum Gasteiger partial charge on any atom is -0.480 e. The summed E-state index contributed by atoms with van der Waals surface area (Å²) in [5.74, 6) is 1.21. The molecule has 160 valence electrons. The highest BCUT2D eigenvalue weighted by Crippen LogP contribution is 2.33. The summed E-state index contributed by atoms with van der Waals surface area (Å²) in [4.78, 5) is 23.2. The van der Waals surface area contributed by atoms with Gasteiger partial charge in [0.05, 0.1) is 6.33 Å². The van der Waals surface area contributed by atoms with Crippen LogP contribution in [0.15, 0.2) is 12.7 Å². The van der Waals surface area contributed by atoms with Crippen molar-refractivity contribution >= 4 is 33.8 Å². The van der Waals surface area contributed by atoms with E-state index >= 15 is 0 Å². The number of aliphatic carboxylic acids is 1. The Kier molecular flexibility index (Phi) is 6.90. The summed E-state index contributed by atoms with van der Waals surface area (Å²) in [6.07, 6.45) is 0.327. The molecule has 6 atom stereocenters. The van der Waals surface area contributed by atoms with Crippen LogP contribution in [-0.4, -0.2) is 82.4 Å². The van der Waals surface area contributed by atoms with Crippen molar-refractivity contribution in [3.05, 3.63) is 12.7 Å². The van der Waals surface area contributed by atoms with Crippen LogP contribution in [0.5, 0.6) is 0 Å². The summed E-state index contributed by atoms with van der Waals surface area (Å²) in [7, 11) is -0.190. The minimum absolute atomic E-state index is 0.190. The normalized spacial score (nSPS) is 26.6. The number of fused-ring (bicyclic) bond motifs is 1. The quantitative estimate of drug-likeness (QED) is 0.307. The Labute approximate surface area is 170 Å². The fourth-order valence-electron chi connectivity index (χ4n) is 3.36. The highest BCUT2D eigenvalue weighted by atomic mass is 32.2. The van der Waals surface area contributed by atoms with Gasteiger partial charge in [0.1, 0.15) is 53.5 Å². The molecule has 12 heteroatoms. The van der Waals surface area contributed by atoms with Crippen molar-refractivity contribution in [2.75, 3.05) is 23.0 Å². The molecule has 2 aromatic rings. The SMILES string of the molecule is CCC[S+](CC[C@H](N)C(=O)O)C[C@H]1O[C@@H](n2cnc3c(N)ncnc32)C(O)[C@H]1O. The number of nitrogens with zero attached hydrogens (tertiary/aromatic N) is 4. The van der Waals surface area contributed by atoms with E-state index in [1.54, 1.807) is 4.57 Å². The van der Waals surface area contributed by atoms with Gasteiger partial charge in [-0.1, -0.05) is 6.92 Å². The summed E-state index contributed by atoms with van der Waals surface area (Å²) in [5, 5.41) is 30.1. The zero-order valence-corrected chi connectivity index (χ0v) is 16.9. The van der Waals surface area contributed by atoms with Crippen LogP contribution in [0.2, 0.25) is 0 Å². The van der Waals surface area contributed by atoms with E-state index in [9.17, 15) is 15.0 Å². The molecule has 0 saturated carbocycles. The predicted octanol–water partition coefficient (Wildman–Crippen LogP) is -1.14. The van der Waals surface area contributed by atoms with E-state index in [1.807, 2.05) is 6.92 Å². The van der Waals surface area contributed by atoms with Gasteiger partial charge in [-0.05, 0) is 17.3 Å². The smallest absolute Gasteiger partial charge is 0.320 e. The molecule has 0 aromatic carbocycles. The van der Waals surface area contributed by atoms with Crippen molar-refractivity contribution in [3.63, 3.8) is 0 Å². The Morgan fingerprint density at radius 1 is 1.31 bits per heavy atom. The molecule has 3 rings (SSSR count). The molecule has 1 fully saturated rings. The Morgan fingerprint density at radius 3 is 2.76 bits per heavy atom. The molecule has 1 aliphatic heterocycles. The summed E-state index contributed by atoms with van der Waals surface area (Å²) >= 11 is 0. The summed E-state index contributed by atoms with van der Waals surface area (Å²) in [6.45, 7) is 2.04. The number of hydrogen-bond donors (Lipinski definition) is 5. The highest BCUT2D eigenvalue weighted by molar-refractivity contribution is 7.96. The zero-order chi connectivity index (χ0) is 21.1. The number of carboxylic acids is 1. The maximum Gasteiger partial charge on any atom is 0.320 e. The number of anilines is 1. The number of ether oxygens (including phenoxy) is 1. The van der Waals surface area contributed by atoms with E-state index in [4.69, 9.17) is 21.3 Å². The van der Waals surface area contributed by atoms with Crippen LogP contribution >= 0.6 is 0 Å². The predicted molar refractivity (Wildman–Crippen MR) is 108 cm³/mol. The van der Waals surface area contributed by atoms with Gasteiger partial charge in [-0.3, -0.25) is 9.36 Å². The summed E-state index contributed by atoms with van der Waals surface area (Å²) in [5.41, 5.74) is 12.2. The van der Waals surface area contributed by atoms with Crippen molar-refractivity contribution in [3.8, 4) is 0 Å². The molecule has 0 radical (unpaired) electrons. The van der Waals surface area contributed by atoms with Crippen LogP contribution in [0.1, 0.15) is 26.0 Å². The van der Waals surface area contributed by atoms with E-state index in [1.165, 1.54) is 12.7 Å². The molecule has 0 spiro atoms. The molecule has 2 unspecified atom stereocenters. The third-order valence-corrected chi connectivity index (χ3v) is 7.52. The van der Waals surface area contributed by atoms with Crippen molar-refractivity contribution in [2.24, 2.45) is 5.73 Å². The number of carboxylic acid groups (broad SMARTS) is 1. The Balaban J connectivity index is 1.72. The largest absolute Gasteiger partial charge is 0.480 e. The summed E-state index contributed by atoms with van der Waals surface area (Å²) in [6, 6.07) is -0.905. The fraction of sp³-hybridized carbons (Fsp3) is 0.647. The molecule has 2 aromatic heterocycles. The number of aliphatic hydroxyl groups is 2. The van der Waals surface area contributed by atoms with E-state index in [0.29, 0.717) is 29.1 Å². The zero-order valence-electron chi connectivity index (χ0n) is 16.1. The average molecular weight is 428 g/mol. The Morgan fingerprint density at radius 2 is 2.07 bits per heavy atom. The number of imidazole rings is 1. The first-order valence-electron chi connectivity index (χ1n) is 9.40. The first kappa shape index (κ1) is 21.7. The van der Waals surface area contributed by atoms with Crippen LogP contribution in [-0.2, 0) is 20.4 Å². The second-order valence-electron chi connectivity index (χ2n) is 7.05. The van der Waals surface area contributed by atoms with Crippen LogP contribution in [0, 0.1) is 0 Å². The number of aliphatic hydroxyl groups excluding tert-OH is 2. The number of nitrogens with two attached hydrogens (primary N) is 2. The minimum atomic E-state index is -1.16. The van der Waals surface area contributed by atoms with E-state index < -0.39 is 36.6 Å². The third-order valence-electron chi connectivity index (χ3n) is 4.93. The van der Waals surface area contributed by atoms with Gasteiger partial charge in [0.2, 0.25) is 0 Å². The maximum absolute atomic E-state index is 11.0. The summed E-state index contributed by atoms with van der Waals surface area (Å²) < 4.78 is 7.53. The van der Waals surface area contributed by atoms with Gasteiger partial charge in [0.15, 0.2) is 17.7 Å². The Hall–Kier alpha value is -1.99. The molecule has 11 nitrogen and oxygen atoms in total. The van der Waals surface area contributed by atoms with E-state index in [2.05, 4.69) is 15.0 Å². The molecule has 29 heavy (non-hydrogen) atoms. The van der Waals surface area contributed by atoms with Crippen LogP contribution in [0.3, 0.4) is 0 Å². The molecule has 7 N–H and O–H groups in total. The number of carbonyl (C=O) groups is 1. The second kappa shape index (κ2) is 9.22. The molecule has 1 saturated heterocycles. The van der Waals surface area contributed by atoms with Crippen LogP contribution < -0.4 is 11.5 Å². The molecule has 0 aliphatic carbocycles. The monoisotopic (exact) mass is 427 g/mol. The van der Waals surface area contributed by atoms with Gasteiger partial charge in [0, 0.05) is 6.42 Å². The van der Waals surface area contributed by atoms with Gasteiger partial charge in [-0.15, -0.1) is 0 Å². The van der Waals surface area contributed by atoms with Crippen molar-refractivity contribution in [2.45, 2.75) is 50.3 Å². The lowest BCUT2D eigenvalue weighted by atomic mass is 10.1. The molecular weight excluding hydrogens is 400 g/mol. The van der Waals surface area contributed by atoms with Gasteiger partial charge in [-0.25, -0.2) is 15.0 Å². The number of aromatic nitrogens is 4. The lowest BCUT2D eigenvalue weighted by Crippen LogP contribution is -2.38. The molecule has 1 aliphatic rings. The average Bonchev–Trinajstić information content (AvgIpc) is 3.23. The van der Waals surface area contributed by atoms with Crippen molar-refractivity contribution < 1.29 is 24.9 Å². The van der Waals surface area contributed by atoms with Crippen molar-refractivity contribution in [1.29, 1.82) is 0 Å². The number of nitrogen functional groups attached to an aromatic ring is 1. The van der Waals surface area contributed by atoms with Gasteiger partial charge < -0.3 is 31.5 Å². The van der Waals surface area contributed by atoms with Gasteiger partial charge in [-0.2, -0.15) is 0 Å². The first-order chi connectivity index (χ1) is 13.8. The van der Waals surface area contributed by atoms with E-state index in [-0.39, 0.29) is 16.7 Å². The highest BCUT2D eigenvalue weighted by Gasteiger charge is 2.47. The van der Waals surface area contributed by atoms with Gasteiger partial charge >= 0.3 is 5.97 Å². The van der Waals surface area contributed by atoms with Crippen LogP contribution in [0.4, 0.5) is 5.82 Å². The Bertz CT molecular complexity index is 851. The molecule has 3 heterocycles. The fourth-order valence-corrected chi connectivity index (χ4v) is 5.80. The van der Waals surface area contributed by atoms with E-state index in [0.717, 1.165) is 12.2 Å². The molecular formula is C17H27N6O5S+. The molecule has 0 amide bonds. The van der Waals surface area contributed by atoms with Crippen LogP contribution in [0.25, 0.3) is 11.2 Å². The third kappa shape index (κ3) is 4.61. The van der Waals surface area contributed by atoms with Crippen molar-refractivity contribution in [1.82, 2.24) is 19.5 Å². The van der Waals surface area contributed by atoms with Gasteiger partial charge in [0.25, 0.3) is 0 Å². The maximum atomic E-state index is 11.0. The molecule has 0 bridgehead atoms. The first-order valence-corrected chi connectivity index (χ1v) is 11.1. The second-order valence-corrected chi connectivity index (χ2v) is 9.42. The topological polar surface area (TPSA) is 183 Å². The lowest BCUT2D eigenvalue weighted by Gasteiger charge is -2.17. The number of rotatable bonds is 9. The standard InChI is InChI=1S/C17H26N6O5S/c1-2-4-29(5-3-9(18)17(26)27)6-10-12(24)13(25)16(28-10)23-8-22-11-14(19)20-7-21-15(11)23/h7-10,12-13,16,24-25H,2-6,18H2,1H3,(H2-,19,20,21,26,27)/p+1/t9-,10+,12-,13?,16+,29?/m0/s1. The lowest BCUT2D eigenvalue weighted by molar-refractivity contribution is -0.138. The number of hydrogen-bond acceptors (Lipinski definition) is 9.